The van der Waals surface area contributed by atoms with E-state index in [1.165, 1.54) is 12.8 Å². The third kappa shape index (κ3) is 5.98. The van der Waals surface area contributed by atoms with E-state index in [1.807, 2.05) is 44.4 Å². The molecule has 0 bridgehead atoms. The van der Waals surface area contributed by atoms with Gasteiger partial charge in [0.2, 0.25) is 0 Å². The molecule has 1 aromatic rings. The van der Waals surface area contributed by atoms with Crippen molar-refractivity contribution >= 4 is 29.9 Å². The van der Waals surface area contributed by atoms with E-state index in [-0.39, 0.29) is 24.0 Å². The van der Waals surface area contributed by atoms with Crippen LogP contribution in [-0.4, -0.2) is 44.7 Å². The van der Waals surface area contributed by atoms with Gasteiger partial charge in [-0.1, -0.05) is 18.2 Å². The topological polar surface area (TPSA) is 36.9 Å². The molecule has 0 heterocycles. The Morgan fingerprint density at radius 3 is 2.65 bits per heavy atom. The average Bonchev–Trinajstić information content (AvgIpc) is 3.25. The number of nitrogens with zero attached hydrogens (tertiary/aromatic N) is 2. The van der Waals surface area contributed by atoms with Gasteiger partial charge in [0.1, 0.15) is 12.4 Å². The fourth-order valence-corrected chi connectivity index (χ4v) is 1.87. The van der Waals surface area contributed by atoms with Gasteiger partial charge in [0.05, 0.1) is 6.54 Å². The molecule has 0 aliphatic heterocycles. The van der Waals surface area contributed by atoms with Gasteiger partial charge in [0.25, 0.3) is 0 Å². The molecule has 0 saturated heterocycles. The van der Waals surface area contributed by atoms with Crippen molar-refractivity contribution < 1.29 is 4.74 Å². The van der Waals surface area contributed by atoms with Crippen LogP contribution in [0.5, 0.6) is 5.75 Å². The fraction of sp³-hybridized carbons (Fsp3) is 0.533. The standard InChI is InChI=1S/C15H23N3O.HI/c1-16-15(17-12-13-8-9-13)18(2)10-11-19-14-6-4-3-5-7-14;/h3-7,13H,8-12H2,1-2H3,(H,16,17);1H. The van der Waals surface area contributed by atoms with Crippen LogP contribution >= 0.6 is 24.0 Å². The van der Waals surface area contributed by atoms with E-state index < -0.39 is 0 Å². The largest absolute Gasteiger partial charge is 0.492 e. The molecule has 5 heteroatoms. The van der Waals surface area contributed by atoms with Crippen LogP contribution in [0.15, 0.2) is 35.3 Å². The molecule has 1 aromatic carbocycles. The predicted octanol–water partition coefficient (Wildman–Crippen LogP) is 2.60. The quantitative estimate of drug-likeness (QED) is 0.462. The molecular weight excluding hydrogens is 365 g/mol. The highest BCUT2D eigenvalue weighted by Gasteiger charge is 2.21. The second kappa shape index (κ2) is 9.05. The second-order valence-electron chi connectivity index (χ2n) is 4.95. The van der Waals surface area contributed by atoms with Gasteiger partial charge in [-0.2, -0.15) is 0 Å². The highest BCUT2D eigenvalue weighted by molar-refractivity contribution is 14.0. The van der Waals surface area contributed by atoms with Crippen molar-refractivity contribution in [2.45, 2.75) is 12.8 Å². The summed E-state index contributed by atoms with van der Waals surface area (Å²) in [6.45, 7) is 2.51. The lowest BCUT2D eigenvalue weighted by Crippen LogP contribution is -2.41. The summed E-state index contributed by atoms with van der Waals surface area (Å²) in [6, 6.07) is 9.90. The molecule has 0 amide bonds. The van der Waals surface area contributed by atoms with E-state index in [2.05, 4.69) is 15.2 Å². The zero-order valence-electron chi connectivity index (χ0n) is 12.2. The third-order valence-corrected chi connectivity index (χ3v) is 3.26. The Kier molecular flexibility index (Phi) is 7.72. The minimum atomic E-state index is 0. The van der Waals surface area contributed by atoms with Crippen molar-refractivity contribution in [3.63, 3.8) is 0 Å². The molecule has 4 nitrogen and oxygen atoms in total. The summed E-state index contributed by atoms with van der Waals surface area (Å²) in [5, 5.41) is 3.40. The van der Waals surface area contributed by atoms with E-state index in [1.54, 1.807) is 0 Å². The minimum Gasteiger partial charge on any atom is -0.492 e. The fourth-order valence-electron chi connectivity index (χ4n) is 1.87. The Labute approximate surface area is 138 Å². The predicted molar refractivity (Wildman–Crippen MR) is 94.1 cm³/mol. The first kappa shape index (κ1) is 17.1. The van der Waals surface area contributed by atoms with Crippen molar-refractivity contribution in [2.75, 3.05) is 33.8 Å². The molecule has 1 aliphatic carbocycles. The lowest BCUT2D eigenvalue weighted by Gasteiger charge is -2.22. The lowest BCUT2D eigenvalue weighted by molar-refractivity contribution is 0.281. The zero-order chi connectivity index (χ0) is 13.5. The van der Waals surface area contributed by atoms with Crippen LogP contribution in [0.3, 0.4) is 0 Å². The number of halogens is 1. The van der Waals surface area contributed by atoms with Gasteiger partial charge in [-0.05, 0) is 30.9 Å². The van der Waals surface area contributed by atoms with Gasteiger partial charge in [-0.3, -0.25) is 4.99 Å². The molecule has 20 heavy (non-hydrogen) atoms. The molecule has 0 radical (unpaired) electrons. The highest BCUT2D eigenvalue weighted by Crippen LogP contribution is 2.27. The van der Waals surface area contributed by atoms with E-state index >= 15 is 0 Å². The number of likely N-dealkylation sites (N-methyl/N-ethyl adjacent to an activating group) is 1. The Hall–Kier alpha value is -0.980. The lowest BCUT2D eigenvalue weighted by atomic mass is 10.3. The summed E-state index contributed by atoms with van der Waals surface area (Å²) in [4.78, 5) is 6.39. The Bertz CT molecular complexity index is 407. The molecule has 1 fully saturated rings. The van der Waals surface area contributed by atoms with Crippen molar-refractivity contribution in [1.82, 2.24) is 10.2 Å². The monoisotopic (exact) mass is 389 g/mol. The maximum atomic E-state index is 5.68. The number of hydrogen-bond donors (Lipinski definition) is 1. The van der Waals surface area contributed by atoms with Gasteiger partial charge < -0.3 is 15.0 Å². The number of hydrogen-bond acceptors (Lipinski definition) is 2. The summed E-state index contributed by atoms with van der Waals surface area (Å²) in [5.41, 5.74) is 0. The Morgan fingerprint density at radius 2 is 2.05 bits per heavy atom. The summed E-state index contributed by atoms with van der Waals surface area (Å²) in [6.07, 6.45) is 2.70. The first-order chi connectivity index (χ1) is 9.29. The smallest absolute Gasteiger partial charge is 0.193 e. The van der Waals surface area contributed by atoms with Crippen molar-refractivity contribution in [3.05, 3.63) is 30.3 Å². The maximum Gasteiger partial charge on any atom is 0.193 e. The maximum absolute atomic E-state index is 5.68. The number of aliphatic imine (C=N–C) groups is 1. The van der Waals surface area contributed by atoms with E-state index in [9.17, 15) is 0 Å². The van der Waals surface area contributed by atoms with E-state index in [4.69, 9.17) is 4.74 Å². The molecule has 112 valence electrons. The van der Waals surface area contributed by atoms with Crippen molar-refractivity contribution in [2.24, 2.45) is 10.9 Å². The van der Waals surface area contributed by atoms with E-state index in [0.29, 0.717) is 6.61 Å². The summed E-state index contributed by atoms with van der Waals surface area (Å²) in [5.74, 6) is 2.71. The minimum absolute atomic E-state index is 0. The van der Waals surface area contributed by atoms with Crippen LogP contribution in [0.4, 0.5) is 0 Å². The van der Waals surface area contributed by atoms with Crippen LogP contribution in [0.2, 0.25) is 0 Å². The number of nitrogens with one attached hydrogen (secondary N) is 1. The number of para-hydroxylation sites is 1. The van der Waals surface area contributed by atoms with Crippen LogP contribution in [-0.2, 0) is 0 Å². The van der Waals surface area contributed by atoms with Gasteiger partial charge in [0.15, 0.2) is 5.96 Å². The second-order valence-corrected chi connectivity index (χ2v) is 4.95. The molecular formula is C15H24IN3O. The van der Waals surface area contributed by atoms with Gasteiger partial charge in [0, 0.05) is 20.6 Å². The van der Waals surface area contributed by atoms with Crippen LogP contribution < -0.4 is 10.1 Å². The Morgan fingerprint density at radius 1 is 1.35 bits per heavy atom. The molecule has 1 N–H and O–H groups in total. The third-order valence-electron chi connectivity index (χ3n) is 3.26. The van der Waals surface area contributed by atoms with Crippen molar-refractivity contribution in [3.8, 4) is 5.75 Å². The number of rotatable bonds is 6. The number of benzene rings is 1. The Balaban J connectivity index is 0.00000200. The summed E-state index contributed by atoms with van der Waals surface area (Å²) in [7, 11) is 3.86. The summed E-state index contributed by atoms with van der Waals surface area (Å²) < 4.78 is 5.68. The van der Waals surface area contributed by atoms with Crippen LogP contribution in [0, 0.1) is 5.92 Å². The molecule has 0 spiro atoms. The SMILES string of the molecule is CN=C(NCC1CC1)N(C)CCOc1ccccc1.I. The molecule has 1 aliphatic rings. The molecule has 2 rings (SSSR count). The average molecular weight is 389 g/mol. The first-order valence-electron chi connectivity index (χ1n) is 6.89. The normalized spacial score (nSPS) is 14.4. The molecule has 0 aromatic heterocycles. The van der Waals surface area contributed by atoms with E-state index in [0.717, 1.165) is 30.7 Å². The van der Waals surface area contributed by atoms with Crippen molar-refractivity contribution in [1.29, 1.82) is 0 Å². The van der Waals surface area contributed by atoms with Crippen LogP contribution in [0.1, 0.15) is 12.8 Å². The molecule has 1 saturated carbocycles. The first-order valence-corrected chi connectivity index (χ1v) is 6.89. The number of ether oxygens (including phenoxy) is 1. The van der Waals surface area contributed by atoms with Gasteiger partial charge in [-0.15, -0.1) is 24.0 Å². The van der Waals surface area contributed by atoms with Gasteiger partial charge >= 0.3 is 0 Å². The summed E-state index contributed by atoms with van der Waals surface area (Å²) >= 11 is 0. The number of guanidine groups is 1. The van der Waals surface area contributed by atoms with Crippen LogP contribution in [0.25, 0.3) is 0 Å². The van der Waals surface area contributed by atoms with Gasteiger partial charge in [-0.25, -0.2) is 0 Å². The highest BCUT2D eigenvalue weighted by atomic mass is 127. The molecule has 0 atom stereocenters. The molecule has 0 unspecified atom stereocenters. The zero-order valence-corrected chi connectivity index (χ0v) is 14.5.